The first-order valence-electron chi connectivity index (χ1n) is 9.63. The molecule has 150 valence electrons. The highest BCUT2D eigenvalue weighted by Crippen LogP contribution is 2.29. The summed E-state index contributed by atoms with van der Waals surface area (Å²) in [4.78, 5) is 28.0. The van der Waals surface area contributed by atoms with Gasteiger partial charge in [-0.2, -0.15) is 5.10 Å². The van der Waals surface area contributed by atoms with E-state index in [-0.39, 0.29) is 12.2 Å². The van der Waals surface area contributed by atoms with Crippen molar-refractivity contribution in [2.24, 2.45) is 0 Å². The summed E-state index contributed by atoms with van der Waals surface area (Å²) in [6.07, 6.45) is 1.63. The SMILES string of the molecule is CCOC(=O)C(c1ccccc1)n1ncc2cc(Sc3ccccc3)ccc2c1=O. The van der Waals surface area contributed by atoms with Gasteiger partial charge in [0.15, 0.2) is 6.04 Å². The zero-order valence-electron chi connectivity index (χ0n) is 16.4. The van der Waals surface area contributed by atoms with Crippen molar-refractivity contribution < 1.29 is 9.53 Å². The minimum Gasteiger partial charge on any atom is -0.464 e. The predicted molar refractivity (Wildman–Crippen MR) is 118 cm³/mol. The first kappa shape index (κ1) is 19.9. The van der Waals surface area contributed by atoms with Crippen molar-refractivity contribution in [3.63, 3.8) is 0 Å². The summed E-state index contributed by atoms with van der Waals surface area (Å²) < 4.78 is 6.43. The molecule has 1 heterocycles. The van der Waals surface area contributed by atoms with Crippen molar-refractivity contribution >= 4 is 28.5 Å². The van der Waals surface area contributed by atoms with Crippen molar-refractivity contribution in [2.75, 3.05) is 6.61 Å². The number of aromatic nitrogens is 2. The highest BCUT2D eigenvalue weighted by atomic mass is 32.2. The number of hydrogen-bond acceptors (Lipinski definition) is 5. The molecule has 1 aromatic heterocycles. The quantitative estimate of drug-likeness (QED) is 0.427. The summed E-state index contributed by atoms with van der Waals surface area (Å²) in [7, 11) is 0. The summed E-state index contributed by atoms with van der Waals surface area (Å²) >= 11 is 1.62. The number of benzene rings is 3. The largest absolute Gasteiger partial charge is 0.464 e. The van der Waals surface area contributed by atoms with Gasteiger partial charge in [0.05, 0.1) is 18.2 Å². The Morgan fingerprint density at radius 2 is 1.70 bits per heavy atom. The Morgan fingerprint density at radius 1 is 1.00 bits per heavy atom. The maximum atomic E-state index is 13.2. The molecule has 4 rings (SSSR count). The van der Waals surface area contributed by atoms with E-state index < -0.39 is 12.0 Å². The van der Waals surface area contributed by atoms with Crippen LogP contribution in [0.4, 0.5) is 0 Å². The van der Waals surface area contributed by atoms with Crippen LogP contribution in [0.2, 0.25) is 0 Å². The molecule has 0 aliphatic rings. The van der Waals surface area contributed by atoms with Gasteiger partial charge in [0.2, 0.25) is 0 Å². The second kappa shape index (κ2) is 8.97. The van der Waals surface area contributed by atoms with Crippen molar-refractivity contribution in [3.05, 3.63) is 101 Å². The molecule has 0 saturated carbocycles. The number of nitrogens with zero attached hydrogens (tertiary/aromatic N) is 2. The van der Waals surface area contributed by atoms with Gasteiger partial charge < -0.3 is 4.74 Å². The van der Waals surface area contributed by atoms with Crippen LogP contribution >= 0.6 is 11.8 Å². The first-order valence-corrected chi connectivity index (χ1v) is 10.4. The highest BCUT2D eigenvalue weighted by Gasteiger charge is 2.26. The Balaban J connectivity index is 1.75. The van der Waals surface area contributed by atoms with Gasteiger partial charge in [-0.25, -0.2) is 9.48 Å². The third kappa shape index (κ3) is 4.14. The molecule has 0 N–H and O–H groups in total. The minimum atomic E-state index is -0.929. The van der Waals surface area contributed by atoms with Gasteiger partial charge in [0.25, 0.3) is 5.56 Å². The van der Waals surface area contributed by atoms with Crippen LogP contribution in [0, 0.1) is 0 Å². The third-order valence-corrected chi connectivity index (χ3v) is 5.63. The lowest BCUT2D eigenvalue weighted by Gasteiger charge is -2.18. The number of esters is 1. The summed E-state index contributed by atoms with van der Waals surface area (Å²) in [5.41, 5.74) is 0.326. The number of ether oxygens (including phenoxy) is 1. The second-order valence-electron chi connectivity index (χ2n) is 6.62. The van der Waals surface area contributed by atoms with Gasteiger partial charge in [-0.05, 0) is 42.8 Å². The van der Waals surface area contributed by atoms with Gasteiger partial charge in [-0.15, -0.1) is 0 Å². The zero-order chi connectivity index (χ0) is 20.9. The number of carbonyl (C=O) groups is 1. The molecule has 0 aliphatic heterocycles. The average Bonchev–Trinajstić information content (AvgIpc) is 2.77. The molecule has 6 heteroatoms. The Kier molecular flexibility index (Phi) is 5.95. The van der Waals surface area contributed by atoms with E-state index in [0.717, 1.165) is 15.2 Å². The molecule has 4 aromatic rings. The van der Waals surface area contributed by atoms with Crippen molar-refractivity contribution in [2.45, 2.75) is 22.8 Å². The van der Waals surface area contributed by atoms with Gasteiger partial charge in [0.1, 0.15) is 0 Å². The number of fused-ring (bicyclic) bond motifs is 1. The first-order chi connectivity index (χ1) is 14.7. The minimum absolute atomic E-state index is 0.227. The van der Waals surface area contributed by atoms with Crippen LogP contribution in [0.25, 0.3) is 10.8 Å². The lowest BCUT2D eigenvalue weighted by Crippen LogP contribution is -2.33. The van der Waals surface area contributed by atoms with E-state index in [9.17, 15) is 9.59 Å². The molecule has 0 saturated heterocycles. The van der Waals surface area contributed by atoms with E-state index in [0.29, 0.717) is 10.9 Å². The van der Waals surface area contributed by atoms with Gasteiger partial charge in [-0.1, -0.05) is 60.3 Å². The summed E-state index contributed by atoms with van der Waals surface area (Å²) in [6.45, 7) is 1.97. The lowest BCUT2D eigenvalue weighted by molar-refractivity contribution is -0.146. The molecular weight excluding hydrogens is 396 g/mol. The molecule has 30 heavy (non-hydrogen) atoms. The van der Waals surface area contributed by atoms with Crippen LogP contribution in [0.3, 0.4) is 0 Å². The third-order valence-electron chi connectivity index (χ3n) is 4.63. The lowest BCUT2D eigenvalue weighted by atomic mass is 10.1. The molecule has 3 aromatic carbocycles. The molecule has 0 amide bonds. The molecule has 0 spiro atoms. The second-order valence-corrected chi connectivity index (χ2v) is 7.77. The van der Waals surface area contributed by atoms with E-state index in [2.05, 4.69) is 5.10 Å². The van der Waals surface area contributed by atoms with E-state index in [1.165, 1.54) is 4.68 Å². The van der Waals surface area contributed by atoms with Gasteiger partial charge in [0, 0.05) is 15.2 Å². The maximum absolute atomic E-state index is 13.2. The Labute approximate surface area is 178 Å². The van der Waals surface area contributed by atoms with Crippen molar-refractivity contribution in [3.8, 4) is 0 Å². The number of carbonyl (C=O) groups excluding carboxylic acids is 1. The van der Waals surface area contributed by atoms with E-state index >= 15 is 0 Å². The molecule has 1 atom stereocenters. The van der Waals surface area contributed by atoms with Crippen LogP contribution in [0.1, 0.15) is 18.5 Å². The van der Waals surface area contributed by atoms with Crippen molar-refractivity contribution in [1.29, 1.82) is 0 Å². The number of hydrogen-bond donors (Lipinski definition) is 0. The summed E-state index contributed by atoms with van der Waals surface area (Å²) in [5.74, 6) is -0.506. The molecular formula is C24H20N2O3S. The predicted octanol–water partition coefficient (Wildman–Crippen LogP) is 4.70. The maximum Gasteiger partial charge on any atom is 0.335 e. The molecule has 1 unspecified atom stereocenters. The number of rotatable bonds is 6. The Hall–Kier alpha value is -3.38. The molecule has 0 aliphatic carbocycles. The van der Waals surface area contributed by atoms with Crippen LogP contribution in [0.15, 0.2) is 99.6 Å². The fraction of sp³-hybridized carbons (Fsp3) is 0.125. The Bertz CT molecular complexity index is 1220. The monoisotopic (exact) mass is 416 g/mol. The summed E-state index contributed by atoms with van der Waals surface area (Å²) in [6, 6.07) is 23.8. The fourth-order valence-electron chi connectivity index (χ4n) is 3.25. The van der Waals surface area contributed by atoms with E-state index in [1.807, 2.05) is 60.7 Å². The molecule has 0 fully saturated rings. The van der Waals surface area contributed by atoms with Gasteiger partial charge >= 0.3 is 5.97 Å². The van der Waals surface area contributed by atoms with Crippen LogP contribution in [-0.2, 0) is 9.53 Å². The topological polar surface area (TPSA) is 61.2 Å². The van der Waals surface area contributed by atoms with Crippen LogP contribution in [0.5, 0.6) is 0 Å². The normalized spacial score (nSPS) is 11.9. The highest BCUT2D eigenvalue weighted by molar-refractivity contribution is 7.99. The Morgan fingerprint density at radius 3 is 2.40 bits per heavy atom. The van der Waals surface area contributed by atoms with Crippen LogP contribution < -0.4 is 5.56 Å². The standard InChI is InChI=1S/C24H20N2O3S/c1-2-29-24(28)22(17-9-5-3-6-10-17)26-23(27)21-14-13-20(15-18(21)16-25-26)30-19-11-7-4-8-12-19/h3-16,22H,2H2,1H3. The van der Waals surface area contributed by atoms with Gasteiger partial charge in [-0.3, -0.25) is 4.79 Å². The van der Waals surface area contributed by atoms with Crippen LogP contribution in [-0.4, -0.2) is 22.4 Å². The molecule has 0 radical (unpaired) electrons. The zero-order valence-corrected chi connectivity index (χ0v) is 17.2. The van der Waals surface area contributed by atoms with E-state index in [4.69, 9.17) is 4.74 Å². The van der Waals surface area contributed by atoms with Crippen molar-refractivity contribution in [1.82, 2.24) is 9.78 Å². The fourth-order valence-corrected chi connectivity index (χ4v) is 4.14. The van der Waals surface area contributed by atoms with E-state index in [1.54, 1.807) is 43.1 Å². The smallest absolute Gasteiger partial charge is 0.335 e. The average molecular weight is 417 g/mol. The molecule has 5 nitrogen and oxygen atoms in total. The molecule has 0 bridgehead atoms. The summed E-state index contributed by atoms with van der Waals surface area (Å²) in [5, 5.41) is 5.57.